The number of halogens is 4. The SMILES string of the molecule is CN(C(=O)CCc1cccc(F)c1Cl)[C@@H](CCc1ncc2n1CCN(C(=O)CCc1cccc(F)c1Cl)C2)COC(=O)Nc1cc2ccccc2cn1. The average molecular weight is 764 g/mol. The number of aryl methyl sites for hydroxylation is 3. The molecule has 53 heavy (non-hydrogen) atoms. The van der Waals surface area contributed by atoms with Gasteiger partial charge in [0.2, 0.25) is 11.8 Å². The molecule has 0 saturated carbocycles. The van der Waals surface area contributed by atoms with Gasteiger partial charge in [-0.3, -0.25) is 14.9 Å². The number of rotatable bonds is 13. The number of benzene rings is 3. The Morgan fingerprint density at radius 3 is 2.26 bits per heavy atom. The lowest BCUT2D eigenvalue weighted by molar-refractivity contribution is -0.133. The predicted octanol–water partition coefficient (Wildman–Crippen LogP) is 7.63. The molecule has 3 amide bonds. The lowest BCUT2D eigenvalue weighted by Crippen LogP contribution is -2.42. The van der Waals surface area contributed by atoms with E-state index in [-0.39, 0.29) is 47.7 Å². The van der Waals surface area contributed by atoms with Crippen molar-refractivity contribution in [1.82, 2.24) is 24.3 Å². The van der Waals surface area contributed by atoms with Crippen LogP contribution in [0.1, 0.15) is 41.9 Å². The molecular formula is C39H38Cl2F2N6O4. The van der Waals surface area contributed by atoms with E-state index in [4.69, 9.17) is 27.9 Å². The standard InChI is InChI=1S/C39H38Cl2F2N6O4/c1-47(35(50)16-12-25-8-4-10-31(42)37(25)40)29(24-53-39(52)46-33-20-27-6-2-3-7-28(27)21-44-33)14-15-34-45-22-30-23-48(18-19-49(30)34)36(51)17-13-26-9-5-11-32(43)38(26)41/h2-11,20-22,29H,12-19,23-24H2,1H3,(H,44,46,52)/t29-/m0/s1. The van der Waals surface area contributed by atoms with Crippen LogP contribution in [-0.4, -0.2) is 68.5 Å². The van der Waals surface area contributed by atoms with Crippen LogP contribution in [0, 0.1) is 11.6 Å². The molecule has 0 spiro atoms. The molecule has 1 aliphatic rings. The lowest BCUT2D eigenvalue weighted by Gasteiger charge is -2.30. The van der Waals surface area contributed by atoms with E-state index in [1.807, 2.05) is 24.3 Å². The summed E-state index contributed by atoms with van der Waals surface area (Å²) in [5.41, 5.74) is 1.99. The molecule has 0 bridgehead atoms. The van der Waals surface area contributed by atoms with Gasteiger partial charge >= 0.3 is 6.09 Å². The molecule has 1 atom stereocenters. The fourth-order valence-electron chi connectivity index (χ4n) is 6.41. The molecule has 3 aromatic carbocycles. The van der Waals surface area contributed by atoms with Gasteiger partial charge in [0, 0.05) is 51.0 Å². The largest absolute Gasteiger partial charge is 0.447 e. The van der Waals surface area contributed by atoms with Gasteiger partial charge in [0.05, 0.1) is 34.5 Å². The third-order valence-corrected chi connectivity index (χ3v) is 10.4. The van der Waals surface area contributed by atoms with E-state index in [1.54, 1.807) is 59.6 Å². The summed E-state index contributed by atoms with van der Waals surface area (Å²) >= 11 is 12.2. The van der Waals surface area contributed by atoms with Crippen molar-refractivity contribution in [2.45, 2.75) is 57.7 Å². The van der Waals surface area contributed by atoms with E-state index in [0.29, 0.717) is 55.8 Å². The number of hydrogen-bond donors (Lipinski definition) is 1. The minimum absolute atomic E-state index is 0.0119. The number of anilines is 1. The maximum atomic E-state index is 14.0. The van der Waals surface area contributed by atoms with E-state index >= 15 is 0 Å². The van der Waals surface area contributed by atoms with Gasteiger partial charge in [0.25, 0.3) is 0 Å². The summed E-state index contributed by atoms with van der Waals surface area (Å²) in [6, 6.07) is 17.9. The van der Waals surface area contributed by atoms with E-state index in [0.717, 1.165) is 22.3 Å². The Hall–Kier alpha value is -5.07. The molecular weight excluding hydrogens is 725 g/mol. The molecule has 0 fully saturated rings. The third kappa shape index (κ3) is 9.30. The van der Waals surface area contributed by atoms with Gasteiger partial charge in [-0.2, -0.15) is 0 Å². The summed E-state index contributed by atoms with van der Waals surface area (Å²) in [6.07, 6.45) is 4.39. The van der Waals surface area contributed by atoms with Crippen molar-refractivity contribution in [2.24, 2.45) is 0 Å². The molecule has 10 nitrogen and oxygen atoms in total. The quantitative estimate of drug-likeness (QED) is 0.132. The highest BCUT2D eigenvalue weighted by Crippen LogP contribution is 2.24. The van der Waals surface area contributed by atoms with E-state index < -0.39 is 23.8 Å². The third-order valence-electron chi connectivity index (χ3n) is 9.51. The van der Waals surface area contributed by atoms with Crippen molar-refractivity contribution in [1.29, 1.82) is 0 Å². The number of pyridine rings is 1. The lowest BCUT2D eigenvalue weighted by atomic mass is 10.1. The molecule has 1 N–H and O–H groups in total. The summed E-state index contributed by atoms with van der Waals surface area (Å²) in [6.45, 7) is 1.28. The molecule has 276 valence electrons. The van der Waals surface area contributed by atoms with Gasteiger partial charge in [0.15, 0.2) is 0 Å². The second-order valence-electron chi connectivity index (χ2n) is 12.9. The second kappa shape index (κ2) is 17.2. The zero-order chi connectivity index (χ0) is 37.5. The van der Waals surface area contributed by atoms with Crippen molar-refractivity contribution < 1.29 is 27.9 Å². The Kier molecular flexibility index (Phi) is 12.2. The number of aromatic nitrogens is 3. The Bertz CT molecular complexity index is 2130. The van der Waals surface area contributed by atoms with Gasteiger partial charge in [-0.15, -0.1) is 0 Å². The molecule has 5 aromatic rings. The first kappa shape index (κ1) is 37.7. The Labute approximate surface area is 315 Å². The van der Waals surface area contributed by atoms with Crippen LogP contribution in [0.2, 0.25) is 10.0 Å². The highest BCUT2D eigenvalue weighted by Gasteiger charge is 2.26. The van der Waals surface area contributed by atoms with Gasteiger partial charge in [0.1, 0.15) is 29.9 Å². The van der Waals surface area contributed by atoms with Crippen LogP contribution in [0.5, 0.6) is 0 Å². The summed E-state index contributed by atoms with van der Waals surface area (Å²) in [7, 11) is 1.65. The zero-order valence-electron chi connectivity index (χ0n) is 29.0. The Morgan fingerprint density at radius 2 is 1.55 bits per heavy atom. The minimum Gasteiger partial charge on any atom is -0.447 e. The topological polar surface area (TPSA) is 110 Å². The monoisotopic (exact) mass is 762 g/mol. The number of amides is 3. The van der Waals surface area contributed by atoms with Gasteiger partial charge in [-0.05, 0) is 54.0 Å². The smallest absolute Gasteiger partial charge is 0.412 e. The van der Waals surface area contributed by atoms with Crippen LogP contribution < -0.4 is 5.32 Å². The summed E-state index contributed by atoms with van der Waals surface area (Å²) in [4.78, 5) is 51.6. The fourth-order valence-corrected chi connectivity index (χ4v) is 6.86. The zero-order valence-corrected chi connectivity index (χ0v) is 30.5. The predicted molar refractivity (Wildman–Crippen MR) is 199 cm³/mol. The molecule has 3 heterocycles. The van der Waals surface area contributed by atoms with Crippen LogP contribution in [0.15, 0.2) is 79.1 Å². The van der Waals surface area contributed by atoms with Crippen molar-refractivity contribution in [3.05, 3.63) is 123 Å². The van der Waals surface area contributed by atoms with Gasteiger partial charge < -0.3 is 19.1 Å². The van der Waals surface area contributed by atoms with Crippen molar-refractivity contribution in [3.63, 3.8) is 0 Å². The fraction of sp³-hybridized carbons (Fsp3) is 0.308. The Balaban J connectivity index is 1.08. The Morgan fingerprint density at radius 1 is 0.868 bits per heavy atom. The first-order valence-electron chi connectivity index (χ1n) is 17.3. The van der Waals surface area contributed by atoms with Gasteiger partial charge in [-0.25, -0.2) is 23.5 Å². The van der Waals surface area contributed by atoms with Gasteiger partial charge in [-0.1, -0.05) is 71.7 Å². The summed E-state index contributed by atoms with van der Waals surface area (Å²) in [5.74, 6) is -0.238. The number of likely N-dealkylation sites (N-methyl/N-ethyl adjacent to an activating group) is 1. The van der Waals surface area contributed by atoms with E-state index in [9.17, 15) is 23.2 Å². The molecule has 0 radical (unpaired) electrons. The normalized spacial score (nSPS) is 13.0. The van der Waals surface area contributed by atoms with Crippen LogP contribution in [0.25, 0.3) is 10.8 Å². The van der Waals surface area contributed by atoms with Crippen LogP contribution in [-0.2, 0) is 46.7 Å². The number of carbonyl (C=O) groups excluding carboxylic acids is 3. The van der Waals surface area contributed by atoms with Crippen molar-refractivity contribution in [2.75, 3.05) is 25.5 Å². The first-order chi connectivity index (χ1) is 25.6. The number of hydrogen-bond acceptors (Lipinski definition) is 6. The van der Waals surface area contributed by atoms with E-state index in [2.05, 4.69) is 19.9 Å². The molecule has 14 heteroatoms. The molecule has 2 aromatic heterocycles. The first-order valence-corrected chi connectivity index (χ1v) is 18.0. The minimum atomic E-state index is -0.715. The summed E-state index contributed by atoms with van der Waals surface area (Å²) in [5, 5.41) is 4.53. The number of carbonyl (C=O) groups is 3. The molecule has 0 saturated heterocycles. The summed E-state index contributed by atoms with van der Waals surface area (Å²) < 4.78 is 35.6. The maximum Gasteiger partial charge on any atom is 0.412 e. The number of ether oxygens (including phenoxy) is 1. The average Bonchev–Trinajstić information content (AvgIpc) is 3.57. The van der Waals surface area contributed by atoms with Crippen LogP contribution in [0.3, 0.4) is 0 Å². The number of nitrogens with zero attached hydrogens (tertiary/aromatic N) is 5. The molecule has 0 unspecified atom stereocenters. The number of imidazole rings is 1. The second-order valence-corrected chi connectivity index (χ2v) is 13.7. The highest BCUT2D eigenvalue weighted by atomic mass is 35.5. The van der Waals surface area contributed by atoms with Crippen LogP contribution in [0.4, 0.5) is 19.4 Å². The highest BCUT2D eigenvalue weighted by molar-refractivity contribution is 6.31. The number of fused-ring (bicyclic) bond motifs is 2. The molecule has 1 aliphatic heterocycles. The van der Waals surface area contributed by atoms with Crippen molar-refractivity contribution in [3.8, 4) is 0 Å². The van der Waals surface area contributed by atoms with E-state index in [1.165, 1.54) is 12.1 Å². The number of nitrogens with one attached hydrogen (secondary N) is 1. The van der Waals surface area contributed by atoms with Crippen LogP contribution >= 0.6 is 23.2 Å². The molecule has 0 aliphatic carbocycles. The maximum absolute atomic E-state index is 14.0. The molecule has 6 rings (SSSR count). The van der Waals surface area contributed by atoms with Crippen molar-refractivity contribution >= 4 is 57.7 Å².